The molecule has 0 radical (unpaired) electrons. The lowest BCUT2D eigenvalue weighted by molar-refractivity contribution is 0.105. The van der Waals surface area contributed by atoms with Crippen molar-refractivity contribution >= 4 is 11.6 Å². The number of hydrogen-bond acceptors (Lipinski definition) is 6. The van der Waals surface area contributed by atoms with E-state index in [4.69, 9.17) is 5.11 Å². The number of nitrogens with zero attached hydrogens (tertiary/aromatic N) is 2. The van der Waals surface area contributed by atoms with Gasteiger partial charge >= 0.3 is 0 Å². The van der Waals surface area contributed by atoms with Gasteiger partial charge in [-0.2, -0.15) is 0 Å². The molecule has 1 aromatic heterocycles. The predicted molar refractivity (Wildman–Crippen MR) is 76.5 cm³/mol. The zero-order chi connectivity index (χ0) is 14.5. The third kappa shape index (κ3) is 5.00. The Morgan fingerprint density at radius 2 is 1.79 bits per heavy atom. The average molecular weight is 268 g/mol. The molecule has 1 unspecified atom stereocenters. The summed E-state index contributed by atoms with van der Waals surface area (Å²) in [5.74, 6) is 2.12. The van der Waals surface area contributed by atoms with Crippen molar-refractivity contribution in [3.05, 3.63) is 11.9 Å². The largest absolute Gasteiger partial charge is 0.394 e. The smallest absolute Gasteiger partial charge is 0.138 e. The van der Waals surface area contributed by atoms with Gasteiger partial charge in [0.1, 0.15) is 17.5 Å². The van der Waals surface area contributed by atoms with Crippen LogP contribution < -0.4 is 10.6 Å². The summed E-state index contributed by atoms with van der Waals surface area (Å²) in [7, 11) is 0. The molecule has 0 aromatic carbocycles. The van der Waals surface area contributed by atoms with Crippen molar-refractivity contribution in [2.24, 2.45) is 0 Å². The van der Waals surface area contributed by atoms with E-state index in [0.717, 1.165) is 18.2 Å². The van der Waals surface area contributed by atoms with E-state index in [-0.39, 0.29) is 18.6 Å². The quantitative estimate of drug-likeness (QED) is 0.615. The van der Waals surface area contributed by atoms with Gasteiger partial charge in [-0.1, -0.05) is 20.8 Å². The molecule has 1 heterocycles. The van der Waals surface area contributed by atoms with Gasteiger partial charge in [-0.15, -0.1) is 0 Å². The van der Waals surface area contributed by atoms with Crippen molar-refractivity contribution in [3.63, 3.8) is 0 Å². The van der Waals surface area contributed by atoms with E-state index in [1.165, 1.54) is 0 Å². The van der Waals surface area contributed by atoms with Crippen molar-refractivity contribution in [1.29, 1.82) is 0 Å². The van der Waals surface area contributed by atoms with Crippen LogP contribution in [0.1, 0.15) is 33.5 Å². The number of nitrogens with one attached hydrogen (secondary N) is 2. The normalized spacial score (nSPS) is 13.2. The second-order valence-corrected chi connectivity index (χ2v) is 5.46. The topological polar surface area (TPSA) is 90.3 Å². The Hall–Kier alpha value is -1.40. The highest BCUT2D eigenvalue weighted by Gasteiger charge is 2.19. The highest BCUT2D eigenvalue weighted by Crippen LogP contribution is 2.22. The van der Waals surface area contributed by atoms with Gasteiger partial charge in [-0.3, -0.25) is 0 Å². The van der Waals surface area contributed by atoms with Crippen molar-refractivity contribution in [3.8, 4) is 0 Å². The number of aliphatic hydroxyl groups is 2. The van der Waals surface area contributed by atoms with Crippen LogP contribution in [-0.2, 0) is 5.41 Å². The summed E-state index contributed by atoms with van der Waals surface area (Å²) in [6.07, 6.45) is -0.796. The Morgan fingerprint density at radius 1 is 1.21 bits per heavy atom. The SMILES string of the molecule is CCNc1cc(NCC(O)CO)nc(C(C)(C)C)n1. The van der Waals surface area contributed by atoms with Gasteiger partial charge in [0, 0.05) is 24.6 Å². The lowest BCUT2D eigenvalue weighted by Gasteiger charge is -2.19. The van der Waals surface area contributed by atoms with Crippen molar-refractivity contribution < 1.29 is 10.2 Å². The van der Waals surface area contributed by atoms with Gasteiger partial charge < -0.3 is 20.8 Å². The van der Waals surface area contributed by atoms with Crippen LogP contribution in [0.4, 0.5) is 11.6 Å². The molecule has 0 saturated carbocycles. The molecule has 6 heteroatoms. The molecule has 1 aromatic rings. The van der Waals surface area contributed by atoms with Crippen LogP contribution in [-0.4, -0.2) is 46.0 Å². The summed E-state index contributed by atoms with van der Waals surface area (Å²) >= 11 is 0. The minimum atomic E-state index is -0.796. The number of aliphatic hydroxyl groups excluding tert-OH is 2. The van der Waals surface area contributed by atoms with Gasteiger partial charge in [0.05, 0.1) is 12.7 Å². The number of aromatic nitrogens is 2. The molecular weight excluding hydrogens is 244 g/mol. The Labute approximate surface area is 114 Å². The van der Waals surface area contributed by atoms with E-state index in [0.29, 0.717) is 5.82 Å². The lowest BCUT2D eigenvalue weighted by Crippen LogP contribution is -2.24. The molecule has 0 amide bonds. The fourth-order valence-electron chi connectivity index (χ4n) is 1.43. The molecule has 1 rings (SSSR count). The minimum Gasteiger partial charge on any atom is -0.394 e. The zero-order valence-corrected chi connectivity index (χ0v) is 12.1. The van der Waals surface area contributed by atoms with Gasteiger partial charge in [0.25, 0.3) is 0 Å². The molecular formula is C13H24N4O2. The molecule has 4 N–H and O–H groups in total. The predicted octanol–water partition coefficient (Wildman–Crippen LogP) is 0.971. The Bertz CT molecular complexity index is 404. The van der Waals surface area contributed by atoms with E-state index in [1.807, 2.05) is 27.7 Å². The Balaban J connectivity index is 2.93. The van der Waals surface area contributed by atoms with Crippen molar-refractivity contribution in [2.45, 2.75) is 39.2 Å². The van der Waals surface area contributed by atoms with E-state index >= 15 is 0 Å². The first-order chi connectivity index (χ1) is 8.86. The second-order valence-electron chi connectivity index (χ2n) is 5.46. The summed E-state index contributed by atoms with van der Waals surface area (Å²) in [5, 5.41) is 24.3. The van der Waals surface area contributed by atoms with Crippen LogP contribution in [0.15, 0.2) is 6.07 Å². The van der Waals surface area contributed by atoms with Crippen molar-refractivity contribution in [1.82, 2.24) is 9.97 Å². The van der Waals surface area contributed by atoms with Crippen LogP contribution in [0.5, 0.6) is 0 Å². The van der Waals surface area contributed by atoms with Crippen LogP contribution in [0.2, 0.25) is 0 Å². The first kappa shape index (κ1) is 15.7. The van der Waals surface area contributed by atoms with Gasteiger partial charge in [-0.25, -0.2) is 9.97 Å². The van der Waals surface area contributed by atoms with Gasteiger partial charge in [-0.05, 0) is 6.92 Å². The number of rotatable bonds is 6. The molecule has 108 valence electrons. The molecule has 0 saturated heterocycles. The molecule has 1 atom stereocenters. The molecule has 0 aliphatic carbocycles. The van der Waals surface area contributed by atoms with E-state index in [2.05, 4.69) is 20.6 Å². The summed E-state index contributed by atoms with van der Waals surface area (Å²) < 4.78 is 0. The number of anilines is 2. The number of hydrogen-bond donors (Lipinski definition) is 4. The highest BCUT2D eigenvalue weighted by atomic mass is 16.3. The maximum Gasteiger partial charge on any atom is 0.138 e. The third-order valence-electron chi connectivity index (χ3n) is 2.48. The standard InChI is InChI=1S/C13H24N4O2/c1-5-14-10-6-11(15-7-9(19)8-18)17-12(16-10)13(2,3)4/h6,9,18-19H,5,7-8H2,1-4H3,(H2,14,15,16,17). The molecule has 0 fully saturated rings. The molecule has 0 bridgehead atoms. The summed E-state index contributed by atoms with van der Waals surface area (Å²) in [6, 6.07) is 1.79. The second kappa shape index (κ2) is 6.68. The summed E-state index contributed by atoms with van der Waals surface area (Å²) in [6.45, 7) is 8.90. The molecule has 19 heavy (non-hydrogen) atoms. The minimum absolute atomic E-state index is 0.155. The van der Waals surface area contributed by atoms with E-state index in [1.54, 1.807) is 6.07 Å². The van der Waals surface area contributed by atoms with Crippen molar-refractivity contribution in [2.75, 3.05) is 30.3 Å². The molecule has 0 aliphatic rings. The fraction of sp³-hybridized carbons (Fsp3) is 0.692. The Kier molecular flexibility index (Phi) is 5.50. The maximum atomic E-state index is 9.35. The molecule has 0 spiro atoms. The van der Waals surface area contributed by atoms with Crippen LogP contribution in [0.25, 0.3) is 0 Å². The van der Waals surface area contributed by atoms with Crippen LogP contribution in [0.3, 0.4) is 0 Å². The summed E-state index contributed by atoms with van der Waals surface area (Å²) in [4.78, 5) is 8.91. The van der Waals surface area contributed by atoms with Crippen LogP contribution >= 0.6 is 0 Å². The first-order valence-corrected chi connectivity index (χ1v) is 6.53. The zero-order valence-electron chi connectivity index (χ0n) is 12.1. The molecule has 0 aliphatic heterocycles. The van der Waals surface area contributed by atoms with E-state index in [9.17, 15) is 5.11 Å². The Morgan fingerprint density at radius 3 is 2.26 bits per heavy atom. The van der Waals surface area contributed by atoms with E-state index < -0.39 is 6.10 Å². The van der Waals surface area contributed by atoms with Crippen LogP contribution in [0, 0.1) is 0 Å². The first-order valence-electron chi connectivity index (χ1n) is 6.53. The van der Waals surface area contributed by atoms with Gasteiger partial charge in [0.15, 0.2) is 0 Å². The molecule has 6 nitrogen and oxygen atoms in total. The summed E-state index contributed by atoms with van der Waals surface area (Å²) in [5.41, 5.74) is -0.155. The lowest BCUT2D eigenvalue weighted by atomic mass is 9.96. The fourth-order valence-corrected chi connectivity index (χ4v) is 1.43. The highest BCUT2D eigenvalue weighted by molar-refractivity contribution is 5.48. The maximum absolute atomic E-state index is 9.35. The average Bonchev–Trinajstić information content (AvgIpc) is 2.35. The van der Waals surface area contributed by atoms with Gasteiger partial charge in [0.2, 0.25) is 0 Å². The third-order valence-corrected chi connectivity index (χ3v) is 2.48. The monoisotopic (exact) mass is 268 g/mol.